The molecule has 6 nitrogen and oxygen atoms in total. The van der Waals surface area contributed by atoms with Crippen molar-refractivity contribution in [3.8, 4) is 0 Å². The number of amides is 2. The van der Waals surface area contributed by atoms with Gasteiger partial charge in [0.05, 0.1) is 28.0 Å². The van der Waals surface area contributed by atoms with E-state index in [4.69, 9.17) is 4.74 Å². The summed E-state index contributed by atoms with van der Waals surface area (Å²) in [4.78, 5) is 38.9. The quantitative estimate of drug-likeness (QED) is 0.502. The van der Waals surface area contributed by atoms with Crippen molar-refractivity contribution in [2.24, 2.45) is 0 Å². The molecule has 0 aliphatic rings. The number of anilines is 1. The summed E-state index contributed by atoms with van der Waals surface area (Å²) in [5.41, 5.74) is 1.67. The summed E-state index contributed by atoms with van der Waals surface area (Å²) in [5, 5.41) is 7.82. The highest BCUT2D eigenvalue weighted by atomic mass is 32.1. The van der Waals surface area contributed by atoms with Crippen LogP contribution >= 0.6 is 22.7 Å². The van der Waals surface area contributed by atoms with Gasteiger partial charge in [-0.15, -0.1) is 22.7 Å². The largest absolute Gasteiger partial charge is 0.462 e. The van der Waals surface area contributed by atoms with Crippen molar-refractivity contribution in [1.29, 1.82) is 0 Å². The van der Waals surface area contributed by atoms with Crippen LogP contribution in [0.5, 0.6) is 0 Å². The third kappa shape index (κ3) is 4.77. The van der Waals surface area contributed by atoms with Crippen molar-refractivity contribution in [2.45, 2.75) is 26.8 Å². The summed E-state index contributed by atoms with van der Waals surface area (Å²) >= 11 is 2.37. The van der Waals surface area contributed by atoms with E-state index in [2.05, 4.69) is 10.6 Å². The topological polar surface area (TPSA) is 84.5 Å². The molecule has 0 spiro atoms. The average molecular weight is 443 g/mol. The van der Waals surface area contributed by atoms with Crippen LogP contribution in [0.1, 0.15) is 60.7 Å². The van der Waals surface area contributed by atoms with Crippen LogP contribution in [0.3, 0.4) is 0 Å². The predicted molar refractivity (Wildman–Crippen MR) is 120 cm³/mol. The number of benzene rings is 1. The molecule has 3 aromatic rings. The Hall–Kier alpha value is -2.97. The number of carbonyl (C=O) groups excluding carboxylic acids is 3. The molecule has 1 atom stereocenters. The lowest BCUT2D eigenvalue weighted by atomic mass is 10.1. The van der Waals surface area contributed by atoms with E-state index < -0.39 is 5.97 Å². The number of nitrogens with one attached hydrogen (secondary N) is 2. The van der Waals surface area contributed by atoms with Crippen molar-refractivity contribution in [1.82, 2.24) is 5.32 Å². The first-order chi connectivity index (χ1) is 14.4. The highest BCUT2D eigenvalue weighted by Crippen LogP contribution is 2.34. The Labute approximate surface area is 182 Å². The first-order valence-corrected chi connectivity index (χ1v) is 11.1. The Kier molecular flexibility index (Phi) is 7.02. The summed E-state index contributed by atoms with van der Waals surface area (Å²) < 4.78 is 5.15. The van der Waals surface area contributed by atoms with Gasteiger partial charge in [-0.3, -0.25) is 9.59 Å². The first kappa shape index (κ1) is 21.7. The molecule has 3 rings (SSSR count). The van der Waals surface area contributed by atoms with Crippen molar-refractivity contribution in [3.63, 3.8) is 0 Å². The minimum absolute atomic E-state index is 0.193. The van der Waals surface area contributed by atoms with E-state index in [1.165, 1.54) is 11.3 Å². The van der Waals surface area contributed by atoms with Crippen LogP contribution in [-0.4, -0.2) is 24.4 Å². The first-order valence-electron chi connectivity index (χ1n) is 9.43. The maximum absolute atomic E-state index is 12.9. The van der Waals surface area contributed by atoms with Crippen molar-refractivity contribution in [3.05, 3.63) is 74.3 Å². The van der Waals surface area contributed by atoms with Gasteiger partial charge in [-0.25, -0.2) is 4.79 Å². The molecule has 0 fully saturated rings. The van der Waals surface area contributed by atoms with Crippen LogP contribution in [0.25, 0.3) is 0 Å². The molecule has 1 aromatic carbocycles. The SMILES string of the molecule is CCOC(=O)c1c(NC(=O)c2cccs2)sc(C(=O)N[C@H](C)c2ccccc2)c1C. The van der Waals surface area contributed by atoms with Gasteiger partial charge in [-0.2, -0.15) is 0 Å². The minimum atomic E-state index is -0.567. The molecule has 30 heavy (non-hydrogen) atoms. The van der Waals surface area contributed by atoms with Gasteiger partial charge < -0.3 is 15.4 Å². The third-order valence-electron chi connectivity index (χ3n) is 4.45. The third-order valence-corrected chi connectivity index (χ3v) is 6.53. The Balaban J connectivity index is 1.89. The zero-order chi connectivity index (χ0) is 21.7. The lowest BCUT2D eigenvalue weighted by Gasteiger charge is -2.14. The second kappa shape index (κ2) is 9.69. The van der Waals surface area contributed by atoms with E-state index in [9.17, 15) is 14.4 Å². The molecular formula is C22H22N2O4S2. The van der Waals surface area contributed by atoms with Crippen molar-refractivity contribution < 1.29 is 19.1 Å². The molecule has 0 aliphatic carbocycles. The maximum Gasteiger partial charge on any atom is 0.341 e. The van der Waals surface area contributed by atoms with Gasteiger partial charge in [-0.1, -0.05) is 36.4 Å². The molecule has 2 N–H and O–H groups in total. The molecule has 2 aromatic heterocycles. The monoisotopic (exact) mass is 442 g/mol. The van der Waals surface area contributed by atoms with Gasteiger partial charge in [0.2, 0.25) is 0 Å². The van der Waals surface area contributed by atoms with Gasteiger partial charge in [-0.05, 0) is 43.3 Å². The number of esters is 1. The normalized spacial score (nSPS) is 11.6. The maximum atomic E-state index is 12.9. The zero-order valence-corrected chi connectivity index (χ0v) is 18.5. The fourth-order valence-corrected chi connectivity index (χ4v) is 4.64. The molecule has 8 heteroatoms. The van der Waals surface area contributed by atoms with Crippen molar-refractivity contribution >= 4 is 45.5 Å². The molecule has 156 valence electrons. The number of rotatable bonds is 7. The van der Waals surface area contributed by atoms with E-state index in [-0.39, 0.29) is 30.0 Å². The second-order valence-corrected chi connectivity index (χ2v) is 8.49. The van der Waals surface area contributed by atoms with E-state index in [1.807, 2.05) is 37.3 Å². The summed E-state index contributed by atoms with van der Waals surface area (Å²) in [5.74, 6) is -1.21. The molecule has 0 unspecified atom stereocenters. The summed E-state index contributed by atoms with van der Waals surface area (Å²) in [6.45, 7) is 5.48. The lowest BCUT2D eigenvalue weighted by molar-refractivity contribution is 0.0527. The summed E-state index contributed by atoms with van der Waals surface area (Å²) in [6.07, 6.45) is 0. The molecule has 0 radical (unpaired) electrons. The van der Waals surface area contributed by atoms with Gasteiger partial charge >= 0.3 is 5.97 Å². The Morgan fingerprint density at radius 3 is 2.43 bits per heavy atom. The number of thiophene rings is 2. The van der Waals surface area contributed by atoms with Crippen molar-refractivity contribution in [2.75, 3.05) is 11.9 Å². The lowest BCUT2D eigenvalue weighted by Crippen LogP contribution is -2.26. The molecule has 0 bridgehead atoms. The number of carbonyl (C=O) groups is 3. The van der Waals surface area contributed by atoms with Gasteiger partial charge in [0.25, 0.3) is 11.8 Å². The number of ether oxygens (including phenoxy) is 1. The van der Waals surface area contributed by atoms with Crippen LogP contribution in [0.4, 0.5) is 5.00 Å². The minimum Gasteiger partial charge on any atom is -0.462 e. The molecule has 2 amide bonds. The van der Waals surface area contributed by atoms with E-state index in [0.717, 1.165) is 16.9 Å². The standard InChI is InChI=1S/C22H22N2O4S2/c1-4-28-22(27)17-13(2)18(20(26)23-14(3)15-9-6-5-7-10-15)30-21(17)24-19(25)16-11-8-12-29-16/h5-12,14H,4H2,1-3H3,(H,23,26)(H,24,25)/t14-/m1/s1. The van der Waals surface area contributed by atoms with Crippen LogP contribution in [-0.2, 0) is 4.74 Å². The highest BCUT2D eigenvalue weighted by Gasteiger charge is 2.27. The zero-order valence-electron chi connectivity index (χ0n) is 16.9. The van der Waals surface area contributed by atoms with Crippen LogP contribution in [0.2, 0.25) is 0 Å². The smallest absolute Gasteiger partial charge is 0.341 e. The van der Waals surface area contributed by atoms with Gasteiger partial charge in [0.15, 0.2) is 0 Å². The highest BCUT2D eigenvalue weighted by molar-refractivity contribution is 7.19. The second-order valence-electron chi connectivity index (χ2n) is 6.52. The van der Waals surface area contributed by atoms with Crippen LogP contribution in [0, 0.1) is 6.92 Å². The fourth-order valence-electron chi connectivity index (χ4n) is 2.93. The predicted octanol–water partition coefficient (Wildman–Crippen LogP) is 5.04. The molecule has 0 aliphatic heterocycles. The Morgan fingerprint density at radius 2 is 1.80 bits per heavy atom. The van der Waals surface area contributed by atoms with Gasteiger partial charge in [0.1, 0.15) is 5.00 Å². The van der Waals surface area contributed by atoms with E-state index in [1.54, 1.807) is 31.4 Å². The molecular weight excluding hydrogens is 420 g/mol. The summed E-state index contributed by atoms with van der Waals surface area (Å²) in [6, 6.07) is 12.9. The van der Waals surface area contributed by atoms with Crippen LogP contribution in [0.15, 0.2) is 47.8 Å². The average Bonchev–Trinajstić information content (AvgIpc) is 3.37. The number of hydrogen-bond donors (Lipinski definition) is 2. The summed E-state index contributed by atoms with van der Waals surface area (Å²) in [7, 11) is 0. The van der Waals surface area contributed by atoms with Gasteiger partial charge in [0, 0.05) is 0 Å². The Morgan fingerprint density at radius 1 is 1.07 bits per heavy atom. The fraction of sp³-hybridized carbons (Fsp3) is 0.227. The Bertz CT molecular complexity index is 1040. The molecule has 0 saturated carbocycles. The van der Waals surface area contributed by atoms with Crippen LogP contribution < -0.4 is 10.6 Å². The molecule has 0 saturated heterocycles. The van der Waals surface area contributed by atoms with E-state index in [0.29, 0.717) is 20.3 Å². The van der Waals surface area contributed by atoms with E-state index >= 15 is 0 Å². The molecule has 2 heterocycles. The number of hydrogen-bond acceptors (Lipinski definition) is 6.